The van der Waals surface area contributed by atoms with Crippen molar-refractivity contribution in [1.82, 2.24) is 0 Å². The Labute approximate surface area is 115 Å². The predicted octanol–water partition coefficient (Wildman–Crippen LogP) is 2.91. The maximum atomic E-state index is 6.03. The van der Waals surface area contributed by atoms with E-state index in [9.17, 15) is 0 Å². The second-order valence-corrected chi connectivity index (χ2v) is 6.72. The third-order valence-corrected chi connectivity index (χ3v) is 5.53. The lowest BCUT2D eigenvalue weighted by Gasteiger charge is -2.51. The standard InChI is InChI=1S/C15H26O4/c1-11-9-17-10-15-12(5-4-6-13(11)15)7-8-14(2,16-3)18-19-15/h11-13H,4-10H2,1-3H3. The van der Waals surface area contributed by atoms with Gasteiger partial charge in [0.05, 0.1) is 6.61 Å². The molecule has 3 aliphatic rings. The van der Waals surface area contributed by atoms with Gasteiger partial charge in [-0.05, 0) is 43.9 Å². The van der Waals surface area contributed by atoms with Crippen LogP contribution >= 0.6 is 0 Å². The molecule has 2 heterocycles. The van der Waals surface area contributed by atoms with Crippen molar-refractivity contribution in [1.29, 1.82) is 0 Å². The third-order valence-electron chi connectivity index (χ3n) is 5.53. The molecule has 3 rings (SSSR count). The summed E-state index contributed by atoms with van der Waals surface area (Å²) >= 11 is 0. The van der Waals surface area contributed by atoms with Gasteiger partial charge in [0.15, 0.2) is 5.79 Å². The number of hydrogen-bond donors (Lipinski definition) is 0. The van der Waals surface area contributed by atoms with E-state index in [0.29, 0.717) is 24.4 Å². The second-order valence-electron chi connectivity index (χ2n) is 6.72. The monoisotopic (exact) mass is 270 g/mol. The second kappa shape index (κ2) is 4.99. The molecule has 5 atom stereocenters. The average Bonchev–Trinajstić information content (AvgIpc) is 2.57. The molecule has 0 aromatic heterocycles. The normalized spacial score (nSPS) is 51.0. The van der Waals surface area contributed by atoms with Crippen LogP contribution < -0.4 is 0 Å². The van der Waals surface area contributed by atoms with Crippen molar-refractivity contribution in [3.05, 3.63) is 0 Å². The Morgan fingerprint density at radius 2 is 2.00 bits per heavy atom. The van der Waals surface area contributed by atoms with Crippen LogP contribution in [0.25, 0.3) is 0 Å². The fourth-order valence-corrected chi connectivity index (χ4v) is 4.21. The molecule has 19 heavy (non-hydrogen) atoms. The zero-order valence-corrected chi connectivity index (χ0v) is 12.3. The third kappa shape index (κ3) is 2.23. The summed E-state index contributed by atoms with van der Waals surface area (Å²) in [6, 6.07) is 0. The van der Waals surface area contributed by atoms with E-state index >= 15 is 0 Å². The van der Waals surface area contributed by atoms with Crippen LogP contribution in [0.4, 0.5) is 0 Å². The molecule has 0 radical (unpaired) electrons. The topological polar surface area (TPSA) is 36.9 Å². The number of methoxy groups -OCH3 is 1. The van der Waals surface area contributed by atoms with E-state index in [4.69, 9.17) is 19.2 Å². The number of hydrogen-bond acceptors (Lipinski definition) is 4. The first-order valence-corrected chi connectivity index (χ1v) is 7.59. The molecule has 110 valence electrons. The van der Waals surface area contributed by atoms with Crippen LogP contribution in [0.3, 0.4) is 0 Å². The van der Waals surface area contributed by atoms with E-state index in [1.165, 1.54) is 19.3 Å². The van der Waals surface area contributed by atoms with Crippen molar-refractivity contribution in [3.63, 3.8) is 0 Å². The summed E-state index contributed by atoms with van der Waals surface area (Å²) in [6.07, 6.45) is 5.73. The molecule has 1 aliphatic carbocycles. The maximum absolute atomic E-state index is 6.03. The lowest BCUT2D eigenvalue weighted by Crippen LogP contribution is -2.58. The summed E-state index contributed by atoms with van der Waals surface area (Å²) in [4.78, 5) is 11.7. The van der Waals surface area contributed by atoms with Gasteiger partial charge >= 0.3 is 0 Å². The van der Waals surface area contributed by atoms with E-state index < -0.39 is 5.79 Å². The summed E-state index contributed by atoms with van der Waals surface area (Å²) < 4.78 is 11.3. The van der Waals surface area contributed by atoms with Crippen LogP contribution in [0.1, 0.15) is 46.0 Å². The Balaban J connectivity index is 1.88. The Bertz CT molecular complexity index is 334. The van der Waals surface area contributed by atoms with Gasteiger partial charge in [0.1, 0.15) is 5.60 Å². The highest BCUT2D eigenvalue weighted by Crippen LogP contribution is 2.51. The SMILES string of the molecule is COC1(C)CCC2CCCC3C(C)COCC23OO1. The molecule has 1 saturated carbocycles. The average molecular weight is 270 g/mol. The predicted molar refractivity (Wildman–Crippen MR) is 70.4 cm³/mol. The minimum atomic E-state index is -0.614. The first kappa shape index (κ1) is 13.8. The summed E-state index contributed by atoms with van der Waals surface area (Å²) in [5, 5.41) is 0. The van der Waals surface area contributed by atoms with Crippen LogP contribution in [0.5, 0.6) is 0 Å². The highest BCUT2D eigenvalue weighted by molar-refractivity contribution is 5.01. The molecule has 4 nitrogen and oxygen atoms in total. The van der Waals surface area contributed by atoms with Crippen LogP contribution in [0.15, 0.2) is 0 Å². The zero-order valence-electron chi connectivity index (χ0n) is 12.3. The molecule has 4 heteroatoms. The molecule has 0 amide bonds. The molecule has 3 fully saturated rings. The molecular weight excluding hydrogens is 244 g/mol. The van der Waals surface area contributed by atoms with Crippen LogP contribution in [-0.2, 0) is 19.2 Å². The Morgan fingerprint density at radius 1 is 1.16 bits per heavy atom. The molecule has 0 bridgehead atoms. The van der Waals surface area contributed by atoms with E-state index in [1.807, 2.05) is 6.92 Å². The Kier molecular flexibility index (Phi) is 3.63. The fourth-order valence-electron chi connectivity index (χ4n) is 4.21. The Morgan fingerprint density at radius 3 is 2.79 bits per heavy atom. The fraction of sp³-hybridized carbons (Fsp3) is 1.00. The van der Waals surface area contributed by atoms with Gasteiger partial charge in [-0.2, -0.15) is 0 Å². The smallest absolute Gasteiger partial charge is 0.198 e. The molecule has 1 spiro atoms. The minimum Gasteiger partial charge on any atom is -0.378 e. The van der Waals surface area contributed by atoms with Gasteiger partial charge in [-0.3, -0.25) is 0 Å². The highest BCUT2D eigenvalue weighted by atomic mass is 17.2. The van der Waals surface area contributed by atoms with Crippen molar-refractivity contribution in [2.75, 3.05) is 20.3 Å². The zero-order chi connectivity index (χ0) is 13.5. The van der Waals surface area contributed by atoms with Gasteiger partial charge in [0.2, 0.25) is 0 Å². The molecule has 5 unspecified atom stereocenters. The van der Waals surface area contributed by atoms with Gasteiger partial charge in [-0.1, -0.05) is 13.3 Å². The van der Waals surface area contributed by atoms with Crippen LogP contribution in [0.2, 0.25) is 0 Å². The molecule has 2 aliphatic heterocycles. The first-order chi connectivity index (χ1) is 9.10. The van der Waals surface area contributed by atoms with Crippen molar-refractivity contribution in [2.45, 2.75) is 57.3 Å². The Hall–Kier alpha value is -0.160. The van der Waals surface area contributed by atoms with Crippen molar-refractivity contribution in [2.24, 2.45) is 17.8 Å². The largest absolute Gasteiger partial charge is 0.378 e. The molecule has 2 saturated heterocycles. The number of rotatable bonds is 1. The molecular formula is C15H26O4. The molecule has 0 aromatic carbocycles. The van der Waals surface area contributed by atoms with Crippen molar-refractivity contribution in [3.8, 4) is 0 Å². The van der Waals surface area contributed by atoms with Crippen molar-refractivity contribution >= 4 is 0 Å². The van der Waals surface area contributed by atoms with E-state index in [1.54, 1.807) is 7.11 Å². The van der Waals surface area contributed by atoms with E-state index in [-0.39, 0.29) is 5.60 Å². The molecule has 0 N–H and O–H groups in total. The van der Waals surface area contributed by atoms with Gasteiger partial charge in [-0.15, -0.1) is 0 Å². The highest BCUT2D eigenvalue weighted by Gasteiger charge is 2.56. The van der Waals surface area contributed by atoms with Crippen molar-refractivity contribution < 1.29 is 19.2 Å². The summed E-state index contributed by atoms with van der Waals surface area (Å²) in [6.45, 7) is 5.76. The van der Waals surface area contributed by atoms with Gasteiger partial charge < -0.3 is 9.47 Å². The van der Waals surface area contributed by atoms with Gasteiger partial charge in [-0.25, -0.2) is 9.78 Å². The minimum absolute atomic E-state index is 0.244. The summed E-state index contributed by atoms with van der Waals surface area (Å²) in [7, 11) is 1.69. The maximum Gasteiger partial charge on any atom is 0.198 e. The summed E-state index contributed by atoms with van der Waals surface area (Å²) in [5.41, 5.74) is -0.244. The number of ether oxygens (including phenoxy) is 2. The van der Waals surface area contributed by atoms with Crippen LogP contribution in [0, 0.1) is 17.8 Å². The lowest BCUT2D eigenvalue weighted by molar-refractivity contribution is -0.474. The summed E-state index contributed by atoms with van der Waals surface area (Å²) in [5.74, 6) is 1.02. The first-order valence-electron chi connectivity index (χ1n) is 7.59. The molecule has 0 aromatic rings. The van der Waals surface area contributed by atoms with E-state index in [2.05, 4.69) is 6.92 Å². The lowest BCUT2D eigenvalue weighted by atomic mass is 9.62. The van der Waals surface area contributed by atoms with Crippen LogP contribution in [-0.4, -0.2) is 31.7 Å². The van der Waals surface area contributed by atoms with Gasteiger partial charge in [0, 0.05) is 20.1 Å². The quantitative estimate of drug-likeness (QED) is 0.687. The van der Waals surface area contributed by atoms with E-state index in [0.717, 1.165) is 19.4 Å². The van der Waals surface area contributed by atoms with Gasteiger partial charge in [0.25, 0.3) is 0 Å².